The molecule has 1 aromatic heterocycles. The highest BCUT2D eigenvalue weighted by Gasteiger charge is 2.17. The number of nitrogens with two attached hydrogens (primary N) is 1. The average Bonchev–Trinajstić information content (AvgIpc) is 2.67. The van der Waals surface area contributed by atoms with Crippen LogP contribution < -0.4 is 11.1 Å². The van der Waals surface area contributed by atoms with Gasteiger partial charge in [0.2, 0.25) is 0 Å². The number of aromatic nitrogens is 1. The van der Waals surface area contributed by atoms with Crippen LogP contribution in [-0.4, -0.2) is 11.0 Å². The van der Waals surface area contributed by atoms with Gasteiger partial charge in [-0.25, -0.2) is 0 Å². The first kappa shape index (κ1) is 14.6. The van der Waals surface area contributed by atoms with Gasteiger partial charge in [0.25, 0.3) is 0 Å². The van der Waals surface area contributed by atoms with Crippen LogP contribution in [0.4, 0.5) is 11.4 Å². The zero-order chi connectivity index (χ0) is 14.8. The lowest BCUT2D eigenvalue weighted by atomic mass is 10.0. The number of fused-ring (bicyclic) bond motifs is 1. The molecule has 0 spiro atoms. The lowest BCUT2D eigenvalue weighted by Gasteiger charge is -2.19. The predicted molar refractivity (Wildman–Crippen MR) is 93.5 cm³/mol. The Balaban J connectivity index is 1.88. The Labute approximate surface area is 134 Å². The van der Waals surface area contributed by atoms with Gasteiger partial charge in [-0.05, 0) is 59.3 Å². The summed E-state index contributed by atoms with van der Waals surface area (Å²) in [6.07, 6.45) is 8.29. The molecule has 1 saturated carbocycles. The average molecular weight is 348 g/mol. The van der Waals surface area contributed by atoms with E-state index in [1.807, 2.05) is 18.3 Å². The van der Waals surface area contributed by atoms with Crippen molar-refractivity contribution in [3.63, 3.8) is 0 Å². The standard InChI is InChI=1S/C17H22BrN3/c1-11-3-2-4-13(6-5-11)21-16-8-7-15(19)14-9-12(18)10-20-17(14)16/h7-11,13,21H,2-6,19H2,1H3. The first-order chi connectivity index (χ1) is 10.1. The Kier molecular flexibility index (Phi) is 4.34. The second kappa shape index (κ2) is 6.22. The van der Waals surface area contributed by atoms with Crippen LogP contribution in [0.5, 0.6) is 0 Å². The van der Waals surface area contributed by atoms with Crippen LogP contribution in [0.25, 0.3) is 10.9 Å². The molecule has 0 saturated heterocycles. The molecule has 0 radical (unpaired) electrons. The fourth-order valence-corrected chi connectivity index (χ4v) is 3.51. The Hall–Kier alpha value is -1.29. The molecule has 3 rings (SSSR count). The van der Waals surface area contributed by atoms with Gasteiger partial charge in [0.15, 0.2) is 0 Å². The van der Waals surface area contributed by atoms with Crippen LogP contribution in [-0.2, 0) is 0 Å². The minimum Gasteiger partial charge on any atom is -0.398 e. The summed E-state index contributed by atoms with van der Waals surface area (Å²) in [7, 11) is 0. The van der Waals surface area contributed by atoms with Crippen molar-refractivity contribution in [2.24, 2.45) is 5.92 Å². The summed E-state index contributed by atoms with van der Waals surface area (Å²) in [5.74, 6) is 0.856. The van der Waals surface area contributed by atoms with Gasteiger partial charge >= 0.3 is 0 Å². The topological polar surface area (TPSA) is 50.9 Å². The highest BCUT2D eigenvalue weighted by atomic mass is 79.9. The number of benzene rings is 1. The van der Waals surface area contributed by atoms with E-state index in [4.69, 9.17) is 5.73 Å². The van der Waals surface area contributed by atoms with Crippen LogP contribution in [0.2, 0.25) is 0 Å². The van der Waals surface area contributed by atoms with Crippen LogP contribution in [0, 0.1) is 5.92 Å². The number of nitrogens with one attached hydrogen (secondary N) is 1. The summed E-state index contributed by atoms with van der Waals surface area (Å²) >= 11 is 3.47. The Morgan fingerprint density at radius 1 is 1.24 bits per heavy atom. The van der Waals surface area contributed by atoms with Gasteiger partial charge in [0.1, 0.15) is 0 Å². The number of anilines is 2. The van der Waals surface area contributed by atoms with E-state index in [9.17, 15) is 0 Å². The van der Waals surface area contributed by atoms with Crippen LogP contribution in [0.3, 0.4) is 0 Å². The number of nitrogens with zero attached hydrogens (tertiary/aromatic N) is 1. The molecule has 2 unspecified atom stereocenters. The molecular weight excluding hydrogens is 326 g/mol. The van der Waals surface area contributed by atoms with Crippen molar-refractivity contribution in [1.29, 1.82) is 0 Å². The SMILES string of the molecule is CC1CCCC(Nc2ccc(N)c3cc(Br)cnc23)CC1. The van der Waals surface area contributed by atoms with Crippen molar-refractivity contribution in [2.75, 3.05) is 11.1 Å². The molecule has 3 N–H and O–H groups in total. The van der Waals surface area contributed by atoms with E-state index in [-0.39, 0.29) is 0 Å². The number of hydrogen-bond donors (Lipinski definition) is 2. The molecule has 2 atom stereocenters. The molecule has 1 aliphatic carbocycles. The molecule has 21 heavy (non-hydrogen) atoms. The molecule has 0 bridgehead atoms. The third-order valence-electron chi connectivity index (χ3n) is 4.47. The number of rotatable bonds is 2. The summed E-state index contributed by atoms with van der Waals surface area (Å²) in [4.78, 5) is 4.56. The molecule has 4 heteroatoms. The fraction of sp³-hybridized carbons (Fsp3) is 0.471. The van der Waals surface area contributed by atoms with E-state index in [1.54, 1.807) is 0 Å². The normalized spacial score (nSPS) is 23.0. The van der Waals surface area contributed by atoms with E-state index >= 15 is 0 Å². The van der Waals surface area contributed by atoms with E-state index in [0.29, 0.717) is 6.04 Å². The van der Waals surface area contributed by atoms with E-state index < -0.39 is 0 Å². The van der Waals surface area contributed by atoms with E-state index in [1.165, 1.54) is 32.1 Å². The summed E-state index contributed by atoms with van der Waals surface area (Å²) in [5.41, 5.74) is 8.93. The smallest absolute Gasteiger partial charge is 0.0954 e. The molecule has 0 aliphatic heterocycles. The quantitative estimate of drug-likeness (QED) is 0.596. The maximum absolute atomic E-state index is 6.08. The monoisotopic (exact) mass is 347 g/mol. The first-order valence-electron chi connectivity index (χ1n) is 7.74. The van der Waals surface area contributed by atoms with Gasteiger partial charge in [0, 0.05) is 27.8 Å². The Bertz CT molecular complexity index is 641. The zero-order valence-electron chi connectivity index (χ0n) is 12.4. The summed E-state index contributed by atoms with van der Waals surface area (Å²) < 4.78 is 0.960. The number of pyridine rings is 1. The third-order valence-corrected chi connectivity index (χ3v) is 4.90. The third kappa shape index (κ3) is 3.31. The molecule has 0 amide bonds. The highest BCUT2D eigenvalue weighted by molar-refractivity contribution is 9.10. The second-order valence-corrected chi connectivity index (χ2v) is 7.12. The first-order valence-corrected chi connectivity index (χ1v) is 8.53. The lowest BCUT2D eigenvalue weighted by molar-refractivity contribution is 0.502. The molecule has 3 nitrogen and oxygen atoms in total. The fourth-order valence-electron chi connectivity index (χ4n) is 3.18. The van der Waals surface area contributed by atoms with Crippen molar-refractivity contribution < 1.29 is 0 Å². The van der Waals surface area contributed by atoms with Gasteiger partial charge in [-0.3, -0.25) is 4.98 Å². The van der Waals surface area contributed by atoms with Crippen molar-refractivity contribution in [2.45, 2.75) is 45.1 Å². The van der Waals surface area contributed by atoms with E-state index in [2.05, 4.69) is 39.2 Å². The van der Waals surface area contributed by atoms with E-state index in [0.717, 1.165) is 32.7 Å². The molecule has 1 aliphatic rings. The zero-order valence-corrected chi connectivity index (χ0v) is 14.0. The van der Waals surface area contributed by atoms with Crippen LogP contribution in [0.15, 0.2) is 28.9 Å². The van der Waals surface area contributed by atoms with Gasteiger partial charge in [-0.2, -0.15) is 0 Å². The Morgan fingerprint density at radius 2 is 2.10 bits per heavy atom. The largest absolute Gasteiger partial charge is 0.398 e. The predicted octanol–water partition coefficient (Wildman–Crippen LogP) is 4.96. The van der Waals surface area contributed by atoms with Gasteiger partial charge < -0.3 is 11.1 Å². The maximum Gasteiger partial charge on any atom is 0.0954 e. The van der Waals surface area contributed by atoms with Crippen molar-refractivity contribution in [1.82, 2.24) is 4.98 Å². The van der Waals surface area contributed by atoms with Crippen molar-refractivity contribution >= 4 is 38.2 Å². The highest BCUT2D eigenvalue weighted by Crippen LogP contribution is 2.31. The molecule has 1 fully saturated rings. The number of hydrogen-bond acceptors (Lipinski definition) is 3. The van der Waals surface area contributed by atoms with Crippen molar-refractivity contribution in [3.05, 3.63) is 28.9 Å². The molecule has 1 heterocycles. The summed E-state index contributed by atoms with van der Waals surface area (Å²) in [6.45, 7) is 2.36. The van der Waals surface area contributed by atoms with Gasteiger partial charge in [-0.15, -0.1) is 0 Å². The van der Waals surface area contributed by atoms with Gasteiger partial charge in [-0.1, -0.05) is 19.8 Å². The molecule has 2 aromatic rings. The maximum atomic E-state index is 6.08. The van der Waals surface area contributed by atoms with Crippen molar-refractivity contribution in [3.8, 4) is 0 Å². The second-order valence-electron chi connectivity index (χ2n) is 6.21. The minimum absolute atomic E-state index is 0.548. The molecule has 112 valence electrons. The number of halogens is 1. The minimum atomic E-state index is 0.548. The lowest BCUT2D eigenvalue weighted by Crippen LogP contribution is -2.18. The Morgan fingerprint density at radius 3 is 2.95 bits per heavy atom. The number of nitrogen functional groups attached to an aromatic ring is 1. The molecule has 1 aromatic carbocycles. The summed E-state index contributed by atoms with van der Waals surface area (Å²) in [5, 5.41) is 4.71. The molecular formula is C17H22BrN3. The summed E-state index contributed by atoms with van der Waals surface area (Å²) in [6, 6.07) is 6.62. The van der Waals surface area contributed by atoms with Crippen LogP contribution in [0.1, 0.15) is 39.0 Å². The van der Waals surface area contributed by atoms with Gasteiger partial charge in [0.05, 0.1) is 11.2 Å². The van der Waals surface area contributed by atoms with Crippen LogP contribution >= 0.6 is 15.9 Å².